The standard InChI is InChI=1S/4C9H21PTe.2C2H6NO4S2.C2H3N.2Ag/c4*1-7(2)10(11,8(3)4)9(5)6;2*1-8(4,5)3-9(2,6)7;1-2-3;;/h4*7-9H,1-6H3;2*1-2H3;1H3;;/q;;;;2*-1;;2*+1. The van der Waals surface area contributed by atoms with Gasteiger partial charge in [0.25, 0.3) is 0 Å². The van der Waals surface area contributed by atoms with Gasteiger partial charge in [0, 0.05) is 31.9 Å². The second kappa shape index (κ2) is 41.6. The van der Waals surface area contributed by atoms with Gasteiger partial charge in [-0.2, -0.15) is 5.26 Å². The fraction of sp³-hybridized carbons (Fsp3) is 0.976. The van der Waals surface area contributed by atoms with Crippen molar-refractivity contribution in [2.75, 3.05) is 25.0 Å². The van der Waals surface area contributed by atoms with Gasteiger partial charge in [-0.3, -0.25) is 0 Å². The Labute approximate surface area is 499 Å². The minimum absolute atomic E-state index is 0. The van der Waals surface area contributed by atoms with Crippen LogP contribution in [0.2, 0.25) is 0 Å². The largest absolute Gasteiger partial charge is 1.00 e. The van der Waals surface area contributed by atoms with Crippen LogP contribution >= 0.6 is 18.0 Å². The summed E-state index contributed by atoms with van der Waals surface area (Å²) in [6, 6.07) is 1.75. The maximum Gasteiger partial charge on any atom is 1.00 e. The van der Waals surface area contributed by atoms with Crippen molar-refractivity contribution in [1.29, 1.82) is 5.26 Å². The van der Waals surface area contributed by atoms with E-state index in [0.29, 0.717) is 25.0 Å². The van der Waals surface area contributed by atoms with Crippen molar-refractivity contribution < 1.29 is 78.4 Å². The first-order valence-corrected chi connectivity index (χ1v) is 49.7. The number of hydrogen-bond acceptors (Lipinski definition) is 9. The van der Waals surface area contributed by atoms with Crippen molar-refractivity contribution in [2.45, 2.75) is 241 Å². The normalized spacial score (nSPS) is 12.7. The van der Waals surface area contributed by atoms with E-state index in [-0.39, 0.29) is 44.8 Å². The molecule has 0 aliphatic carbocycles. The molecule has 0 fully saturated rings. The fourth-order valence-electron chi connectivity index (χ4n) is 7.65. The molecule has 67 heavy (non-hydrogen) atoms. The van der Waals surface area contributed by atoms with E-state index >= 15 is 0 Å². The Hall–Kier alpha value is 5.57. The number of hydrogen-bond donors (Lipinski definition) is 0. The molecule has 11 nitrogen and oxygen atoms in total. The molecule has 0 heterocycles. The predicted molar refractivity (Wildman–Crippen MR) is 310 cm³/mol. The topological polar surface area (TPSA) is 189 Å². The zero-order valence-corrected chi connectivity index (χ0v) is 65.8. The molecule has 0 aliphatic heterocycles. The molecule has 0 spiro atoms. The van der Waals surface area contributed by atoms with Gasteiger partial charge in [0.2, 0.25) is 0 Å². The summed E-state index contributed by atoms with van der Waals surface area (Å²) in [6.45, 7) is 58.7. The second-order valence-corrected chi connectivity index (χ2v) is 66.7. The number of nitriles is 1. The average molecular weight is 1750 g/mol. The first-order valence-electron chi connectivity index (χ1n) is 22.1. The van der Waals surface area contributed by atoms with E-state index in [4.69, 9.17) is 5.26 Å². The summed E-state index contributed by atoms with van der Waals surface area (Å²) in [5, 5.41) is 7.32. The Morgan fingerprint density at radius 1 is 0.313 bits per heavy atom. The van der Waals surface area contributed by atoms with Gasteiger partial charge in [-0.25, -0.2) is 33.7 Å². The summed E-state index contributed by atoms with van der Waals surface area (Å²) in [7, 11) is -15.0. The van der Waals surface area contributed by atoms with E-state index in [1.807, 2.05) is 0 Å². The molecule has 0 saturated heterocycles. The Bertz CT molecular complexity index is 1640. The Morgan fingerprint density at radius 3 is 0.373 bits per heavy atom. The fourth-order valence-corrected chi connectivity index (χ4v) is 25.9. The number of nitrogens with zero attached hydrogens (tertiary/aromatic N) is 3. The molecule has 0 aromatic heterocycles. The van der Waals surface area contributed by atoms with Gasteiger partial charge in [0.05, 0.1) is 46.2 Å². The zero-order chi connectivity index (χ0) is 55.0. The smallest absolute Gasteiger partial charge is 0.437 e. The Morgan fingerprint density at radius 2 is 0.373 bits per heavy atom. The average Bonchev–Trinajstić information content (AvgIpc) is 3.03. The minimum Gasteiger partial charge on any atom is -0.437 e. The van der Waals surface area contributed by atoms with E-state index < -0.39 is 58.0 Å². The summed E-state index contributed by atoms with van der Waals surface area (Å²) in [6.07, 6.45) is 2.87. The van der Waals surface area contributed by atoms with E-state index in [0.717, 1.165) is 67.9 Å². The Kier molecular flexibility index (Phi) is 57.1. The molecular formula is C42H99Ag2N3O8P4S4Te4. The molecule has 0 aromatic rings. The van der Waals surface area contributed by atoms with Crippen LogP contribution in [-0.2, 0) is 84.9 Å². The first kappa shape index (κ1) is 92.0. The monoisotopic (exact) mass is 1760 g/mol. The molecule has 0 amide bonds. The van der Waals surface area contributed by atoms with Crippen LogP contribution in [-0.4, -0.2) is 212 Å². The summed E-state index contributed by atoms with van der Waals surface area (Å²) in [4.78, 5) is 0. The molecule has 0 bridgehead atoms. The molecule has 0 unspecified atom stereocenters. The van der Waals surface area contributed by atoms with Gasteiger partial charge in [-0.05, 0) is 0 Å². The summed E-state index contributed by atoms with van der Waals surface area (Å²) < 4.78 is 83.1. The molecule has 0 atom stereocenters. The van der Waals surface area contributed by atoms with Crippen LogP contribution < -0.4 is 0 Å². The molecule has 0 rings (SSSR count). The molecule has 0 N–H and O–H groups in total. The van der Waals surface area contributed by atoms with E-state index in [1.165, 1.54) is 6.92 Å². The number of rotatable bonds is 16. The summed E-state index contributed by atoms with van der Waals surface area (Å²) in [5.41, 5.74) is 10.7. The van der Waals surface area contributed by atoms with E-state index in [9.17, 15) is 33.7 Å². The molecule has 0 saturated carbocycles. The minimum atomic E-state index is -3.74. The summed E-state index contributed by atoms with van der Waals surface area (Å²) >= 11 is 9.77. The third-order valence-corrected chi connectivity index (χ3v) is 77.3. The number of sulfonamides is 4. The Balaban J connectivity index is -0.0000000846. The van der Waals surface area contributed by atoms with Crippen molar-refractivity contribution in [3.63, 3.8) is 0 Å². The molecular weight excluding hydrogens is 1650 g/mol. The van der Waals surface area contributed by atoms with Gasteiger partial charge in [-0.1, -0.05) is 0 Å². The molecule has 25 heteroatoms. The molecule has 420 valence electrons. The van der Waals surface area contributed by atoms with Crippen LogP contribution in [0.25, 0.3) is 8.25 Å². The molecule has 0 radical (unpaired) electrons. The SMILES string of the molecule is CC#N.CC(C)P(=[Te])(C(C)C)C(C)C.CC(C)P(=[Te])(C(C)C)C(C)C.CC(C)P(=[Te])(C(C)C)C(C)C.CC(C)P(=[Te])(C(C)C)C(C)C.CS(=O)(=O)[N-]S(C)(=O)=O.CS(=O)(=O)[N-]S(C)(=O)=O.[Ag+].[Ag+]. The summed E-state index contributed by atoms with van der Waals surface area (Å²) in [5.74, 6) is 0. The van der Waals surface area contributed by atoms with E-state index in [2.05, 4.69) is 259 Å². The van der Waals surface area contributed by atoms with Crippen LogP contribution in [0.15, 0.2) is 0 Å². The van der Waals surface area contributed by atoms with Gasteiger partial charge < -0.3 is 8.25 Å². The third kappa shape index (κ3) is 43.2. The van der Waals surface area contributed by atoms with Crippen LogP contribution in [0.5, 0.6) is 0 Å². The van der Waals surface area contributed by atoms with Crippen LogP contribution in [0.1, 0.15) is 173 Å². The zero-order valence-electron chi connectivity index (χ0n) is 46.7. The maximum atomic E-state index is 10.1. The van der Waals surface area contributed by atoms with Gasteiger partial charge in [0.15, 0.2) is 0 Å². The molecule has 0 aromatic carbocycles. The van der Waals surface area contributed by atoms with Crippen molar-refractivity contribution >= 4 is 143 Å². The van der Waals surface area contributed by atoms with Crippen molar-refractivity contribution in [1.82, 2.24) is 0 Å². The predicted octanol–water partition coefficient (Wildman–Crippen LogP) is 12.3. The first-order chi connectivity index (χ1) is 28.1. The van der Waals surface area contributed by atoms with E-state index in [1.54, 1.807) is 6.07 Å². The van der Waals surface area contributed by atoms with Gasteiger partial charge >= 0.3 is 382 Å². The van der Waals surface area contributed by atoms with Gasteiger partial charge in [-0.15, -0.1) is 0 Å². The van der Waals surface area contributed by atoms with Crippen LogP contribution in [0.4, 0.5) is 0 Å². The second-order valence-electron chi connectivity index (χ2n) is 19.5. The van der Waals surface area contributed by atoms with Crippen LogP contribution in [0, 0.1) is 11.3 Å². The van der Waals surface area contributed by atoms with Crippen LogP contribution in [0.3, 0.4) is 0 Å². The maximum absolute atomic E-state index is 10.1. The van der Waals surface area contributed by atoms with Crippen molar-refractivity contribution in [2.24, 2.45) is 0 Å². The molecule has 0 aliphatic rings. The van der Waals surface area contributed by atoms with Gasteiger partial charge in [0.1, 0.15) is 0 Å². The van der Waals surface area contributed by atoms with Crippen molar-refractivity contribution in [3.05, 3.63) is 8.25 Å². The third-order valence-electron chi connectivity index (χ3n) is 10.2. The quantitative estimate of drug-likeness (QED) is 0.107. The van der Waals surface area contributed by atoms with Crippen molar-refractivity contribution in [3.8, 4) is 6.07 Å².